The fraction of sp³-hybridized carbons (Fsp3) is 0.700. The van der Waals surface area contributed by atoms with Crippen LogP contribution in [-0.2, 0) is 22.4 Å². The van der Waals surface area contributed by atoms with Crippen molar-refractivity contribution in [3.8, 4) is 6.07 Å². The van der Waals surface area contributed by atoms with Crippen LogP contribution in [0.25, 0.3) is 0 Å². The molecule has 88 valence electrons. The van der Waals surface area contributed by atoms with Gasteiger partial charge in [-0.2, -0.15) is 5.26 Å². The number of aromatic nitrogens is 3. The average molecular weight is 224 g/mol. The standard InChI is InChI=1S/C10H16N4O2/c1-8(16-3)10-9(4-5-11)12-13-14(10)6-7-15-2/h8H,4,6-7H2,1-3H3. The number of methoxy groups -OCH3 is 2. The molecule has 1 heterocycles. The molecule has 0 aromatic carbocycles. The van der Waals surface area contributed by atoms with Crippen LogP contribution < -0.4 is 0 Å². The molecule has 0 aliphatic carbocycles. The SMILES string of the molecule is COCCn1nnc(CC#N)c1C(C)OC. The smallest absolute Gasteiger partial charge is 0.103 e. The van der Waals surface area contributed by atoms with E-state index in [9.17, 15) is 0 Å². The molecule has 1 aromatic heterocycles. The van der Waals surface area contributed by atoms with E-state index in [1.807, 2.05) is 6.92 Å². The molecule has 0 saturated heterocycles. The van der Waals surface area contributed by atoms with Gasteiger partial charge in [-0.25, -0.2) is 4.68 Å². The van der Waals surface area contributed by atoms with Crippen LogP contribution in [0, 0.1) is 11.3 Å². The van der Waals surface area contributed by atoms with Crippen molar-refractivity contribution in [1.82, 2.24) is 15.0 Å². The molecule has 0 aliphatic heterocycles. The molecule has 0 fully saturated rings. The monoisotopic (exact) mass is 224 g/mol. The number of hydrogen-bond donors (Lipinski definition) is 0. The molecule has 0 amide bonds. The summed E-state index contributed by atoms with van der Waals surface area (Å²) in [5, 5.41) is 16.7. The van der Waals surface area contributed by atoms with Gasteiger partial charge in [0.25, 0.3) is 0 Å². The first kappa shape index (κ1) is 12.6. The highest BCUT2D eigenvalue weighted by molar-refractivity contribution is 5.16. The molecule has 0 bridgehead atoms. The minimum atomic E-state index is -0.129. The summed E-state index contributed by atoms with van der Waals surface area (Å²) in [5.74, 6) is 0. The largest absolute Gasteiger partial charge is 0.383 e. The van der Waals surface area contributed by atoms with Gasteiger partial charge in [-0.15, -0.1) is 5.10 Å². The number of nitrogens with zero attached hydrogens (tertiary/aromatic N) is 4. The van der Waals surface area contributed by atoms with Gasteiger partial charge in [0.1, 0.15) is 5.69 Å². The van der Waals surface area contributed by atoms with Crippen molar-refractivity contribution in [3.05, 3.63) is 11.4 Å². The quantitative estimate of drug-likeness (QED) is 0.711. The van der Waals surface area contributed by atoms with E-state index in [4.69, 9.17) is 14.7 Å². The van der Waals surface area contributed by atoms with Gasteiger partial charge in [-0.3, -0.25) is 0 Å². The summed E-state index contributed by atoms with van der Waals surface area (Å²) in [6, 6.07) is 2.07. The van der Waals surface area contributed by atoms with E-state index in [0.29, 0.717) is 18.8 Å². The van der Waals surface area contributed by atoms with Crippen molar-refractivity contribution in [2.24, 2.45) is 0 Å². The van der Waals surface area contributed by atoms with E-state index in [1.54, 1.807) is 18.9 Å². The van der Waals surface area contributed by atoms with Gasteiger partial charge in [0, 0.05) is 14.2 Å². The Morgan fingerprint density at radius 1 is 1.50 bits per heavy atom. The Bertz CT molecular complexity index is 369. The van der Waals surface area contributed by atoms with Crippen LogP contribution >= 0.6 is 0 Å². The highest BCUT2D eigenvalue weighted by atomic mass is 16.5. The lowest BCUT2D eigenvalue weighted by Gasteiger charge is -2.12. The third-order valence-electron chi connectivity index (χ3n) is 2.34. The second-order valence-electron chi connectivity index (χ2n) is 3.35. The third kappa shape index (κ3) is 2.78. The molecule has 0 N–H and O–H groups in total. The first-order chi connectivity index (χ1) is 7.74. The lowest BCUT2D eigenvalue weighted by molar-refractivity contribution is 0.107. The maximum atomic E-state index is 8.69. The lowest BCUT2D eigenvalue weighted by Crippen LogP contribution is -2.13. The Balaban J connectivity index is 2.95. The van der Waals surface area contributed by atoms with Crippen molar-refractivity contribution in [2.75, 3.05) is 20.8 Å². The van der Waals surface area contributed by atoms with Gasteiger partial charge in [0.2, 0.25) is 0 Å². The zero-order chi connectivity index (χ0) is 12.0. The Kier molecular flexibility index (Phi) is 4.89. The molecular formula is C10H16N4O2. The van der Waals surface area contributed by atoms with Crippen LogP contribution in [-0.4, -0.2) is 35.8 Å². The van der Waals surface area contributed by atoms with Gasteiger partial charge in [0.15, 0.2) is 0 Å². The summed E-state index contributed by atoms with van der Waals surface area (Å²) in [4.78, 5) is 0. The van der Waals surface area contributed by atoms with Crippen molar-refractivity contribution in [1.29, 1.82) is 5.26 Å². The number of nitriles is 1. The van der Waals surface area contributed by atoms with Crippen LogP contribution in [0.1, 0.15) is 24.4 Å². The first-order valence-corrected chi connectivity index (χ1v) is 5.05. The van der Waals surface area contributed by atoms with E-state index in [0.717, 1.165) is 5.69 Å². The summed E-state index contributed by atoms with van der Waals surface area (Å²) in [6.45, 7) is 3.07. The maximum Gasteiger partial charge on any atom is 0.103 e. The molecule has 6 heteroatoms. The van der Waals surface area contributed by atoms with Crippen molar-refractivity contribution in [2.45, 2.75) is 26.0 Å². The number of ether oxygens (including phenoxy) is 2. The summed E-state index contributed by atoms with van der Waals surface area (Å²) >= 11 is 0. The molecule has 0 radical (unpaired) electrons. The van der Waals surface area contributed by atoms with Gasteiger partial charge in [0.05, 0.1) is 37.4 Å². The number of hydrogen-bond acceptors (Lipinski definition) is 5. The highest BCUT2D eigenvalue weighted by Crippen LogP contribution is 2.18. The molecule has 1 rings (SSSR count). The van der Waals surface area contributed by atoms with E-state index in [-0.39, 0.29) is 12.5 Å². The van der Waals surface area contributed by atoms with Crippen molar-refractivity contribution < 1.29 is 9.47 Å². The normalized spacial score (nSPS) is 12.4. The second kappa shape index (κ2) is 6.20. The topological polar surface area (TPSA) is 73.0 Å². The van der Waals surface area contributed by atoms with Crippen molar-refractivity contribution >= 4 is 0 Å². The molecule has 1 atom stereocenters. The fourth-order valence-corrected chi connectivity index (χ4v) is 1.46. The first-order valence-electron chi connectivity index (χ1n) is 5.05. The summed E-state index contributed by atoms with van der Waals surface area (Å²) in [7, 11) is 3.25. The average Bonchev–Trinajstić information content (AvgIpc) is 2.69. The summed E-state index contributed by atoms with van der Waals surface area (Å²) in [5.41, 5.74) is 1.52. The number of rotatable bonds is 6. The Labute approximate surface area is 94.8 Å². The second-order valence-corrected chi connectivity index (χ2v) is 3.35. The van der Waals surface area contributed by atoms with Crippen LogP contribution in [0.3, 0.4) is 0 Å². The van der Waals surface area contributed by atoms with Crippen LogP contribution in [0.15, 0.2) is 0 Å². The predicted octanol–water partition coefficient (Wildman–Crippen LogP) is 0.698. The van der Waals surface area contributed by atoms with Crippen LogP contribution in [0.5, 0.6) is 0 Å². The van der Waals surface area contributed by atoms with E-state index in [1.165, 1.54) is 0 Å². The predicted molar refractivity (Wildman–Crippen MR) is 56.6 cm³/mol. The Morgan fingerprint density at radius 3 is 2.81 bits per heavy atom. The molecule has 6 nitrogen and oxygen atoms in total. The molecular weight excluding hydrogens is 208 g/mol. The molecule has 0 aliphatic rings. The zero-order valence-corrected chi connectivity index (χ0v) is 9.80. The summed E-state index contributed by atoms with van der Waals surface area (Å²) in [6.07, 6.45) is 0.117. The van der Waals surface area contributed by atoms with Gasteiger partial charge in [-0.1, -0.05) is 5.21 Å². The van der Waals surface area contributed by atoms with Crippen LogP contribution in [0.4, 0.5) is 0 Å². The molecule has 0 saturated carbocycles. The van der Waals surface area contributed by atoms with Crippen molar-refractivity contribution in [3.63, 3.8) is 0 Å². The van der Waals surface area contributed by atoms with Gasteiger partial charge in [-0.05, 0) is 6.92 Å². The fourth-order valence-electron chi connectivity index (χ4n) is 1.46. The zero-order valence-electron chi connectivity index (χ0n) is 9.80. The highest BCUT2D eigenvalue weighted by Gasteiger charge is 2.18. The Morgan fingerprint density at radius 2 is 2.25 bits per heavy atom. The van der Waals surface area contributed by atoms with E-state index >= 15 is 0 Å². The Hall–Kier alpha value is -1.45. The molecule has 1 aromatic rings. The van der Waals surface area contributed by atoms with Gasteiger partial charge < -0.3 is 9.47 Å². The van der Waals surface area contributed by atoms with E-state index in [2.05, 4.69) is 16.4 Å². The van der Waals surface area contributed by atoms with E-state index < -0.39 is 0 Å². The maximum absolute atomic E-state index is 8.69. The minimum Gasteiger partial charge on any atom is -0.383 e. The third-order valence-corrected chi connectivity index (χ3v) is 2.34. The van der Waals surface area contributed by atoms with Gasteiger partial charge >= 0.3 is 0 Å². The molecule has 0 spiro atoms. The van der Waals surface area contributed by atoms with Crippen LogP contribution in [0.2, 0.25) is 0 Å². The molecule has 16 heavy (non-hydrogen) atoms. The molecule has 1 unspecified atom stereocenters. The lowest BCUT2D eigenvalue weighted by atomic mass is 10.2. The minimum absolute atomic E-state index is 0.129. The summed E-state index contributed by atoms with van der Waals surface area (Å²) < 4.78 is 12.0.